The molecule has 2 fully saturated rings. The lowest BCUT2D eigenvalue weighted by Crippen LogP contribution is -2.52. The molecule has 0 bridgehead atoms. The van der Waals surface area contributed by atoms with Crippen LogP contribution >= 0.6 is 0 Å². The summed E-state index contributed by atoms with van der Waals surface area (Å²) in [4.78, 5) is 28.9. The van der Waals surface area contributed by atoms with E-state index in [1.54, 1.807) is 6.92 Å². The molecule has 3 aliphatic rings. The molecule has 1 aliphatic carbocycles. The van der Waals surface area contributed by atoms with Gasteiger partial charge in [0.2, 0.25) is 5.91 Å². The molecule has 1 N–H and O–H groups in total. The van der Waals surface area contributed by atoms with Gasteiger partial charge in [-0.2, -0.15) is 13.2 Å². The van der Waals surface area contributed by atoms with Crippen molar-refractivity contribution in [3.8, 4) is 0 Å². The van der Waals surface area contributed by atoms with Crippen molar-refractivity contribution in [1.82, 2.24) is 19.8 Å². The zero-order valence-corrected chi connectivity index (χ0v) is 21.5. The van der Waals surface area contributed by atoms with E-state index in [9.17, 15) is 23.1 Å². The van der Waals surface area contributed by atoms with Crippen molar-refractivity contribution in [3.05, 3.63) is 53.0 Å². The van der Waals surface area contributed by atoms with Crippen LogP contribution in [0.1, 0.15) is 67.3 Å². The first-order chi connectivity index (χ1) is 17.5. The number of piperazine rings is 1. The minimum absolute atomic E-state index is 0.0395. The van der Waals surface area contributed by atoms with Gasteiger partial charge in [-0.3, -0.25) is 4.79 Å². The minimum Gasteiger partial charge on any atom is -0.384 e. The van der Waals surface area contributed by atoms with E-state index in [2.05, 4.69) is 26.7 Å². The molecule has 7 nitrogen and oxygen atoms in total. The van der Waals surface area contributed by atoms with Crippen molar-refractivity contribution in [1.29, 1.82) is 0 Å². The predicted molar refractivity (Wildman–Crippen MR) is 133 cm³/mol. The monoisotopic (exact) mass is 517 g/mol. The van der Waals surface area contributed by atoms with Crippen molar-refractivity contribution in [2.24, 2.45) is 0 Å². The van der Waals surface area contributed by atoms with Gasteiger partial charge in [-0.1, -0.05) is 19.1 Å². The first-order valence-electron chi connectivity index (χ1n) is 13.0. The Labute approximate surface area is 215 Å². The van der Waals surface area contributed by atoms with E-state index in [1.807, 2.05) is 11.9 Å². The van der Waals surface area contributed by atoms with E-state index in [-0.39, 0.29) is 17.9 Å². The second-order valence-corrected chi connectivity index (χ2v) is 10.9. The molecule has 37 heavy (non-hydrogen) atoms. The highest BCUT2D eigenvalue weighted by Gasteiger charge is 2.42. The summed E-state index contributed by atoms with van der Waals surface area (Å²) in [6.45, 7) is 6.88. The highest BCUT2D eigenvalue weighted by Crippen LogP contribution is 2.46. The minimum atomic E-state index is -4.41. The van der Waals surface area contributed by atoms with Gasteiger partial charge >= 0.3 is 6.18 Å². The molecule has 2 saturated heterocycles. The molecule has 1 aromatic carbocycles. The summed E-state index contributed by atoms with van der Waals surface area (Å²) in [7, 11) is 1.98. The first kappa shape index (κ1) is 25.9. The number of amides is 1. The van der Waals surface area contributed by atoms with E-state index in [4.69, 9.17) is 0 Å². The molecule has 0 spiro atoms. The van der Waals surface area contributed by atoms with E-state index in [0.29, 0.717) is 43.9 Å². The number of aliphatic hydroxyl groups is 1. The standard InChI is InChI=1S/C27H34F3N5O2/c1-17-15-26(2,37)23-21(17)24(32-16-31-23)34-11-13-35(14-12-34)25(36)22(20-5-4-10-33(20)3)18-6-8-19(9-7-18)27(28,29)30/h6-9,16-17,20,22,37H,4-5,10-15H2,1-3H3/t17-,20?,22?,26-/m1/s1. The molecule has 3 heterocycles. The van der Waals surface area contributed by atoms with E-state index >= 15 is 0 Å². The van der Waals surface area contributed by atoms with E-state index in [0.717, 1.165) is 42.9 Å². The summed E-state index contributed by atoms with van der Waals surface area (Å²) in [5.41, 5.74) is 0.592. The van der Waals surface area contributed by atoms with Gasteiger partial charge in [0.15, 0.2) is 0 Å². The molecule has 1 aromatic heterocycles. The normalized spacial score (nSPS) is 27.4. The fraction of sp³-hybridized carbons (Fsp3) is 0.593. The molecule has 4 atom stereocenters. The van der Waals surface area contributed by atoms with Crippen molar-refractivity contribution >= 4 is 11.7 Å². The van der Waals surface area contributed by atoms with Crippen LogP contribution in [0, 0.1) is 0 Å². The summed E-state index contributed by atoms with van der Waals surface area (Å²) >= 11 is 0. The highest BCUT2D eigenvalue weighted by molar-refractivity contribution is 5.85. The Kier molecular flexibility index (Phi) is 6.68. The van der Waals surface area contributed by atoms with Crippen molar-refractivity contribution < 1.29 is 23.1 Å². The molecule has 5 rings (SSSR count). The Bertz CT molecular complexity index is 1150. The zero-order chi connectivity index (χ0) is 26.5. The third-order valence-corrected chi connectivity index (χ3v) is 8.29. The van der Waals surface area contributed by atoms with Crippen LogP contribution < -0.4 is 4.90 Å². The van der Waals surface area contributed by atoms with Crippen LogP contribution in [-0.2, 0) is 16.6 Å². The van der Waals surface area contributed by atoms with Crippen LogP contribution in [-0.4, -0.2) is 76.6 Å². The van der Waals surface area contributed by atoms with Gasteiger partial charge in [0.05, 0.1) is 17.2 Å². The molecule has 1 amide bonds. The molecule has 2 unspecified atom stereocenters. The third-order valence-electron chi connectivity index (χ3n) is 8.29. The van der Waals surface area contributed by atoms with Crippen LogP contribution in [0.3, 0.4) is 0 Å². The number of benzene rings is 1. The molecule has 0 radical (unpaired) electrons. The fourth-order valence-electron chi connectivity index (χ4n) is 6.42. The maximum absolute atomic E-state index is 13.9. The average molecular weight is 518 g/mol. The molecular formula is C27H34F3N5O2. The largest absolute Gasteiger partial charge is 0.416 e. The van der Waals surface area contributed by atoms with Gasteiger partial charge in [0, 0.05) is 37.8 Å². The maximum Gasteiger partial charge on any atom is 0.416 e. The van der Waals surface area contributed by atoms with Crippen LogP contribution in [0.2, 0.25) is 0 Å². The molecule has 2 aromatic rings. The molecule has 200 valence electrons. The number of halogens is 3. The van der Waals surface area contributed by atoms with Crippen LogP contribution in [0.25, 0.3) is 0 Å². The average Bonchev–Trinajstić information content (AvgIpc) is 3.38. The number of hydrogen-bond acceptors (Lipinski definition) is 6. The Balaban J connectivity index is 1.35. The number of hydrogen-bond donors (Lipinski definition) is 1. The number of carbonyl (C=O) groups is 1. The number of likely N-dealkylation sites (N-methyl/N-ethyl adjacent to an activating group) is 1. The van der Waals surface area contributed by atoms with Crippen LogP contribution in [0.5, 0.6) is 0 Å². The van der Waals surface area contributed by atoms with Crippen molar-refractivity contribution in [3.63, 3.8) is 0 Å². The SMILES string of the molecule is C[C@@H]1C[C@@](C)(O)c2ncnc(N3CCN(C(=O)C(c4ccc(C(F)(F)F)cc4)C4CCCN4C)CC3)c21. The Morgan fingerprint density at radius 3 is 2.38 bits per heavy atom. The number of alkyl halides is 3. The van der Waals surface area contributed by atoms with Gasteiger partial charge in [-0.25, -0.2) is 9.97 Å². The lowest BCUT2D eigenvalue weighted by molar-refractivity contribution is -0.137. The smallest absolute Gasteiger partial charge is 0.384 e. The second kappa shape index (κ2) is 9.54. The predicted octanol–water partition coefficient (Wildman–Crippen LogP) is 3.74. The zero-order valence-electron chi connectivity index (χ0n) is 21.5. The van der Waals surface area contributed by atoms with Crippen molar-refractivity contribution in [2.75, 3.05) is 44.7 Å². The van der Waals surface area contributed by atoms with E-state index in [1.165, 1.54) is 18.5 Å². The van der Waals surface area contributed by atoms with E-state index < -0.39 is 23.3 Å². The Morgan fingerprint density at radius 1 is 1.11 bits per heavy atom. The molecule has 2 aliphatic heterocycles. The Hall–Kier alpha value is -2.72. The number of aromatic nitrogens is 2. The number of likely N-dealkylation sites (tertiary alicyclic amines) is 1. The number of nitrogens with zero attached hydrogens (tertiary/aromatic N) is 5. The first-order valence-corrected chi connectivity index (χ1v) is 13.0. The number of fused-ring (bicyclic) bond motifs is 1. The second-order valence-electron chi connectivity index (χ2n) is 10.9. The quantitative estimate of drug-likeness (QED) is 0.667. The number of rotatable bonds is 4. The highest BCUT2D eigenvalue weighted by atomic mass is 19.4. The van der Waals surface area contributed by atoms with Gasteiger partial charge in [-0.05, 0) is 63.4 Å². The summed E-state index contributed by atoms with van der Waals surface area (Å²) in [6.07, 6.45) is -0.533. The lowest BCUT2D eigenvalue weighted by Gasteiger charge is -2.39. The third kappa shape index (κ3) is 4.81. The summed E-state index contributed by atoms with van der Waals surface area (Å²) in [5, 5.41) is 10.8. The van der Waals surface area contributed by atoms with Gasteiger partial charge in [0.1, 0.15) is 17.7 Å². The topological polar surface area (TPSA) is 72.8 Å². The lowest BCUT2D eigenvalue weighted by atomic mass is 9.87. The number of carbonyl (C=O) groups excluding carboxylic acids is 1. The van der Waals surface area contributed by atoms with Gasteiger partial charge in [0.25, 0.3) is 0 Å². The maximum atomic E-state index is 13.9. The molecular weight excluding hydrogens is 483 g/mol. The molecule has 10 heteroatoms. The summed E-state index contributed by atoms with van der Waals surface area (Å²) in [5.74, 6) is 0.391. The number of anilines is 1. The molecule has 0 saturated carbocycles. The summed E-state index contributed by atoms with van der Waals surface area (Å²) < 4.78 is 39.4. The van der Waals surface area contributed by atoms with Gasteiger partial charge in [-0.15, -0.1) is 0 Å². The van der Waals surface area contributed by atoms with Gasteiger partial charge < -0.3 is 19.8 Å². The fourth-order valence-corrected chi connectivity index (χ4v) is 6.42. The van der Waals surface area contributed by atoms with Crippen LogP contribution in [0.15, 0.2) is 30.6 Å². The van der Waals surface area contributed by atoms with Crippen LogP contribution in [0.4, 0.5) is 19.0 Å². The van der Waals surface area contributed by atoms with Crippen molar-refractivity contribution in [2.45, 2.75) is 62.8 Å². The summed E-state index contributed by atoms with van der Waals surface area (Å²) in [6, 6.07) is 5.04. The Morgan fingerprint density at radius 2 is 1.78 bits per heavy atom.